The molecule has 1 amide bonds. The zero-order valence-corrected chi connectivity index (χ0v) is 12.9. The number of nitrogens with one attached hydrogen (secondary N) is 2. The SMILES string of the molecule is CC(NC(=O)CCCc1ccc(Br)s1)c1ncn[nH]1. The Morgan fingerprint density at radius 2 is 2.42 bits per heavy atom. The summed E-state index contributed by atoms with van der Waals surface area (Å²) in [5.41, 5.74) is 0. The van der Waals surface area contributed by atoms with Crippen molar-refractivity contribution in [1.82, 2.24) is 20.5 Å². The van der Waals surface area contributed by atoms with E-state index in [0.29, 0.717) is 12.2 Å². The number of carbonyl (C=O) groups excluding carboxylic acids is 1. The molecule has 1 atom stereocenters. The van der Waals surface area contributed by atoms with Crippen LogP contribution in [0.1, 0.15) is 36.5 Å². The molecule has 19 heavy (non-hydrogen) atoms. The van der Waals surface area contributed by atoms with Crippen molar-refractivity contribution in [3.05, 3.63) is 32.9 Å². The van der Waals surface area contributed by atoms with Crippen molar-refractivity contribution in [3.8, 4) is 0 Å². The van der Waals surface area contributed by atoms with Gasteiger partial charge in [0.1, 0.15) is 12.2 Å². The third-order valence-corrected chi connectivity index (χ3v) is 4.36. The summed E-state index contributed by atoms with van der Waals surface area (Å²) < 4.78 is 1.13. The van der Waals surface area contributed by atoms with Crippen LogP contribution in [-0.2, 0) is 11.2 Å². The number of hydrogen-bond acceptors (Lipinski definition) is 4. The monoisotopic (exact) mass is 342 g/mol. The summed E-state index contributed by atoms with van der Waals surface area (Å²) in [6.07, 6.45) is 3.74. The van der Waals surface area contributed by atoms with Crippen LogP contribution in [0.15, 0.2) is 22.2 Å². The number of rotatable bonds is 6. The predicted molar refractivity (Wildman–Crippen MR) is 77.9 cm³/mol. The van der Waals surface area contributed by atoms with Gasteiger partial charge in [0.15, 0.2) is 0 Å². The Hall–Kier alpha value is -1.21. The molecule has 0 aliphatic heterocycles. The first-order chi connectivity index (χ1) is 9.15. The Balaban J connectivity index is 1.70. The lowest BCUT2D eigenvalue weighted by Crippen LogP contribution is -2.27. The first-order valence-corrected chi connectivity index (χ1v) is 7.65. The molecule has 0 radical (unpaired) electrons. The smallest absolute Gasteiger partial charge is 0.220 e. The number of aryl methyl sites for hydroxylation is 1. The van der Waals surface area contributed by atoms with Crippen LogP contribution in [-0.4, -0.2) is 21.1 Å². The van der Waals surface area contributed by atoms with Crippen LogP contribution in [0.4, 0.5) is 0 Å². The second-order valence-corrected chi connectivity index (χ2v) is 6.77. The van der Waals surface area contributed by atoms with Crippen LogP contribution in [0.3, 0.4) is 0 Å². The highest BCUT2D eigenvalue weighted by Gasteiger charge is 2.11. The van der Waals surface area contributed by atoms with Crippen LogP contribution in [0.2, 0.25) is 0 Å². The number of H-pyrrole nitrogens is 1. The van der Waals surface area contributed by atoms with Crippen LogP contribution in [0.5, 0.6) is 0 Å². The predicted octanol–water partition coefficient (Wildman–Crippen LogP) is 2.83. The quantitative estimate of drug-likeness (QED) is 0.847. The summed E-state index contributed by atoms with van der Waals surface area (Å²) in [6, 6.07) is 3.99. The van der Waals surface area contributed by atoms with Gasteiger partial charge in [-0.15, -0.1) is 11.3 Å². The second-order valence-electron chi connectivity index (χ2n) is 4.22. The third-order valence-electron chi connectivity index (χ3n) is 2.68. The van der Waals surface area contributed by atoms with Gasteiger partial charge in [-0.1, -0.05) is 0 Å². The number of aromatic nitrogens is 3. The number of halogens is 1. The Kier molecular flexibility index (Phi) is 5.09. The van der Waals surface area contributed by atoms with E-state index in [1.54, 1.807) is 11.3 Å². The van der Waals surface area contributed by atoms with Crippen LogP contribution >= 0.6 is 27.3 Å². The Morgan fingerprint density at radius 1 is 1.58 bits per heavy atom. The molecule has 2 aromatic rings. The average molecular weight is 343 g/mol. The largest absolute Gasteiger partial charge is 0.346 e. The Labute approximate surface area is 124 Å². The van der Waals surface area contributed by atoms with E-state index in [9.17, 15) is 4.79 Å². The highest BCUT2D eigenvalue weighted by atomic mass is 79.9. The van der Waals surface area contributed by atoms with Crippen LogP contribution in [0, 0.1) is 0 Å². The maximum Gasteiger partial charge on any atom is 0.220 e. The van der Waals surface area contributed by atoms with Crippen LogP contribution < -0.4 is 5.32 Å². The minimum atomic E-state index is -0.133. The molecule has 0 bridgehead atoms. The van der Waals surface area contributed by atoms with Crippen molar-refractivity contribution in [2.24, 2.45) is 0 Å². The van der Waals surface area contributed by atoms with E-state index in [0.717, 1.165) is 16.6 Å². The van der Waals surface area contributed by atoms with Crippen molar-refractivity contribution >= 4 is 33.2 Å². The molecule has 0 saturated heterocycles. The molecule has 5 nitrogen and oxygen atoms in total. The lowest BCUT2D eigenvalue weighted by atomic mass is 10.2. The van der Waals surface area contributed by atoms with E-state index >= 15 is 0 Å². The molecule has 2 N–H and O–H groups in total. The van der Waals surface area contributed by atoms with Gasteiger partial charge < -0.3 is 5.32 Å². The van der Waals surface area contributed by atoms with Gasteiger partial charge in [0.2, 0.25) is 5.91 Å². The van der Waals surface area contributed by atoms with E-state index in [1.807, 2.05) is 13.0 Å². The molecule has 0 spiro atoms. The number of carbonyl (C=O) groups is 1. The topological polar surface area (TPSA) is 70.7 Å². The van der Waals surface area contributed by atoms with E-state index in [4.69, 9.17) is 0 Å². The summed E-state index contributed by atoms with van der Waals surface area (Å²) in [7, 11) is 0. The zero-order chi connectivity index (χ0) is 13.7. The van der Waals surface area contributed by atoms with Gasteiger partial charge >= 0.3 is 0 Å². The lowest BCUT2D eigenvalue weighted by Gasteiger charge is -2.10. The molecular formula is C12H15BrN4OS. The minimum Gasteiger partial charge on any atom is -0.346 e. The summed E-state index contributed by atoms with van der Waals surface area (Å²) in [5.74, 6) is 0.718. The summed E-state index contributed by atoms with van der Waals surface area (Å²) in [5, 5.41) is 9.41. The number of hydrogen-bond donors (Lipinski definition) is 2. The maximum absolute atomic E-state index is 11.8. The fourth-order valence-electron chi connectivity index (χ4n) is 1.71. The number of aromatic amines is 1. The maximum atomic E-state index is 11.8. The average Bonchev–Trinajstić information content (AvgIpc) is 3.00. The molecule has 0 aliphatic rings. The van der Waals surface area contributed by atoms with Gasteiger partial charge in [-0.25, -0.2) is 4.98 Å². The molecule has 7 heteroatoms. The van der Waals surface area contributed by atoms with Gasteiger partial charge in [-0.3, -0.25) is 9.89 Å². The molecule has 0 saturated carbocycles. The molecule has 2 aromatic heterocycles. The highest BCUT2D eigenvalue weighted by Crippen LogP contribution is 2.23. The van der Waals surface area contributed by atoms with E-state index in [1.165, 1.54) is 11.2 Å². The fraction of sp³-hybridized carbons (Fsp3) is 0.417. The molecule has 2 heterocycles. The van der Waals surface area contributed by atoms with Gasteiger partial charge in [0.25, 0.3) is 0 Å². The van der Waals surface area contributed by atoms with Gasteiger partial charge in [-0.05, 0) is 47.8 Å². The third kappa shape index (κ3) is 4.43. The normalized spacial score (nSPS) is 12.3. The van der Waals surface area contributed by atoms with Crippen molar-refractivity contribution < 1.29 is 4.79 Å². The molecule has 102 valence electrons. The first kappa shape index (κ1) is 14.2. The lowest BCUT2D eigenvalue weighted by molar-refractivity contribution is -0.121. The summed E-state index contributed by atoms with van der Waals surface area (Å²) >= 11 is 5.14. The first-order valence-electron chi connectivity index (χ1n) is 6.04. The molecule has 0 aliphatic carbocycles. The highest BCUT2D eigenvalue weighted by molar-refractivity contribution is 9.11. The molecular weight excluding hydrogens is 328 g/mol. The standard InChI is InChI=1S/C12H15BrN4OS/c1-8(12-14-7-15-17-12)16-11(18)4-2-3-9-5-6-10(13)19-9/h5-8H,2-4H2,1H3,(H,16,18)(H,14,15,17). The molecule has 0 aromatic carbocycles. The van der Waals surface area contributed by atoms with Crippen molar-refractivity contribution in [1.29, 1.82) is 0 Å². The van der Waals surface area contributed by atoms with Gasteiger partial charge in [0.05, 0.1) is 9.83 Å². The number of amides is 1. The molecule has 0 fully saturated rings. The summed E-state index contributed by atoms with van der Waals surface area (Å²) in [6.45, 7) is 1.88. The Bertz CT molecular complexity index is 526. The minimum absolute atomic E-state index is 0.0412. The number of thiophene rings is 1. The van der Waals surface area contributed by atoms with E-state index in [2.05, 4.69) is 42.5 Å². The molecule has 2 rings (SSSR count). The summed E-state index contributed by atoms with van der Waals surface area (Å²) in [4.78, 5) is 17.1. The van der Waals surface area contributed by atoms with Crippen molar-refractivity contribution in [2.75, 3.05) is 0 Å². The van der Waals surface area contributed by atoms with Crippen molar-refractivity contribution in [3.63, 3.8) is 0 Å². The second kappa shape index (κ2) is 6.81. The Morgan fingerprint density at radius 3 is 3.05 bits per heavy atom. The van der Waals surface area contributed by atoms with Gasteiger partial charge in [-0.2, -0.15) is 5.10 Å². The van der Waals surface area contributed by atoms with Crippen molar-refractivity contribution in [2.45, 2.75) is 32.2 Å². The fourth-order valence-corrected chi connectivity index (χ4v) is 3.24. The number of nitrogens with zero attached hydrogens (tertiary/aromatic N) is 2. The molecule has 1 unspecified atom stereocenters. The van der Waals surface area contributed by atoms with Gasteiger partial charge in [0, 0.05) is 11.3 Å². The van der Waals surface area contributed by atoms with Crippen LogP contribution in [0.25, 0.3) is 0 Å². The van der Waals surface area contributed by atoms with E-state index in [-0.39, 0.29) is 11.9 Å². The zero-order valence-electron chi connectivity index (χ0n) is 10.5. The van der Waals surface area contributed by atoms with E-state index < -0.39 is 0 Å².